The van der Waals surface area contributed by atoms with E-state index in [-0.39, 0.29) is 22.9 Å². The Kier molecular flexibility index (Phi) is 6.43. The molecule has 188 valence electrons. The number of halogens is 2. The number of hydrogen-bond donors (Lipinski definition) is 0. The lowest BCUT2D eigenvalue weighted by atomic mass is 10.0. The molecule has 1 aromatic heterocycles. The summed E-state index contributed by atoms with van der Waals surface area (Å²) in [4.78, 5) is 28.1. The Morgan fingerprint density at radius 1 is 1.19 bits per heavy atom. The van der Waals surface area contributed by atoms with Gasteiger partial charge in [-0.15, -0.1) is 0 Å². The van der Waals surface area contributed by atoms with E-state index in [0.717, 1.165) is 22.4 Å². The van der Waals surface area contributed by atoms with Crippen molar-refractivity contribution in [3.63, 3.8) is 0 Å². The van der Waals surface area contributed by atoms with E-state index in [2.05, 4.69) is 5.10 Å². The van der Waals surface area contributed by atoms with Crippen molar-refractivity contribution < 1.29 is 18.7 Å². The quantitative estimate of drug-likeness (QED) is 0.354. The molecule has 0 fully saturated rings. The molecule has 0 saturated carbocycles. The fraction of sp³-hybridized carbons (Fsp3) is 0.179. The molecular formula is C28H23ClFN3O4. The third-order valence-electron chi connectivity index (χ3n) is 6.31. The van der Waals surface area contributed by atoms with Gasteiger partial charge in [0, 0.05) is 29.8 Å². The second-order valence-electron chi connectivity index (χ2n) is 8.72. The zero-order chi connectivity index (χ0) is 26.3. The zero-order valence-corrected chi connectivity index (χ0v) is 21.2. The highest BCUT2D eigenvalue weighted by Crippen LogP contribution is 2.34. The molecule has 0 N–H and O–H groups in total. The van der Waals surface area contributed by atoms with Gasteiger partial charge in [0.05, 0.1) is 29.0 Å². The summed E-state index contributed by atoms with van der Waals surface area (Å²) < 4.78 is 26.2. The van der Waals surface area contributed by atoms with Crippen LogP contribution in [0, 0.1) is 5.82 Å². The summed E-state index contributed by atoms with van der Waals surface area (Å²) in [5, 5.41) is 5.41. The highest BCUT2D eigenvalue weighted by atomic mass is 35.5. The van der Waals surface area contributed by atoms with E-state index in [1.807, 2.05) is 25.1 Å². The van der Waals surface area contributed by atoms with Crippen LogP contribution in [0.1, 0.15) is 12.5 Å². The molecule has 0 radical (unpaired) electrons. The minimum Gasteiger partial charge on any atom is -0.495 e. The highest BCUT2D eigenvalue weighted by molar-refractivity contribution is 6.33. The normalized spacial score (nSPS) is 12.5. The van der Waals surface area contributed by atoms with E-state index in [9.17, 15) is 14.0 Å². The molecule has 2 heterocycles. The molecule has 4 aromatic rings. The fourth-order valence-corrected chi connectivity index (χ4v) is 4.50. The van der Waals surface area contributed by atoms with Gasteiger partial charge in [-0.1, -0.05) is 29.8 Å². The van der Waals surface area contributed by atoms with Crippen LogP contribution in [0.25, 0.3) is 22.0 Å². The number of nitrogens with zero attached hydrogens (tertiary/aromatic N) is 3. The first kappa shape index (κ1) is 24.5. The molecule has 1 aliphatic heterocycles. The number of hydrogen-bond acceptors (Lipinski definition) is 5. The number of ether oxygens (including phenoxy) is 2. The number of aromatic nitrogens is 2. The number of anilines is 1. The maximum atomic E-state index is 14.1. The molecule has 0 atom stereocenters. The standard InChI is InChI=1S/C28H23ClFN3O4/c1-16-7-8-17-9-10-20(12-24(17)37-16)32(2)26(34)15-33-28(35)22-14-25(36-3)23(29)13-21(22)27(31-33)18-5-4-6-19(30)11-18/h4-7,9-14H,8,15H2,1-3H3. The highest BCUT2D eigenvalue weighted by Gasteiger charge is 2.20. The first-order valence-electron chi connectivity index (χ1n) is 11.5. The number of methoxy groups -OCH3 is 1. The van der Waals surface area contributed by atoms with Crippen molar-refractivity contribution in [3.8, 4) is 22.8 Å². The number of likely N-dealkylation sites (N-methyl/N-ethyl adjacent to an activating group) is 1. The van der Waals surface area contributed by atoms with Crippen LogP contribution in [0.15, 0.2) is 71.2 Å². The molecule has 1 amide bonds. The number of rotatable bonds is 5. The zero-order valence-electron chi connectivity index (χ0n) is 20.4. The summed E-state index contributed by atoms with van der Waals surface area (Å²) in [6, 6.07) is 14.5. The van der Waals surface area contributed by atoms with Crippen molar-refractivity contribution in [2.24, 2.45) is 0 Å². The molecule has 9 heteroatoms. The summed E-state index contributed by atoms with van der Waals surface area (Å²) in [7, 11) is 3.07. The number of amides is 1. The third kappa shape index (κ3) is 4.68. The predicted molar refractivity (Wildman–Crippen MR) is 141 cm³/mol. The number of fused-ring (bicyclic) bond motifs is 2. The van der Waals surface area contributed by atoms with Gasteiger partial charge in [-0.3, -0.25) is 9.59 Å². The van der Waals surface area contributed by atoms with Crippen molar-refractivity contribution >= 4 is 34.0 Å². The second-order valence-corrected chi connectivity index (χ2v) is 9.13. The number of carbonyl (C=O) groups is 1. The molecule has 5 rings (SSSR count). The summed E-state index contributed by atoms with van der Waals surface area (Å²) in [6.07, 6.45) is 2.75. The van der Waals surface area contributed by atoms with Crippen LogP contribution in [0.2, 0.25) is 5.02 Å². The topological polar surface area (TPSA) is 73.7 Å². The van der Waals surface area contributed by atoms with Crippen molar-refractivity contribution in [2.45, 2.75) is 19.9 Å². The Balaban J connectivity index is 1.56. The minimum atomic E-state index is -0.499. The van der Waals surface area contributed by atoms with Gasteiger partial charge in [0.2, 0.25) is 5.91 Å². The molecule has 3 aromatic carbocycles. The minimum absolute atomic E-state index is 0.246. The lowest BCUT2D eigenvalue weighted by Crippen LogP contribution is -2.35. The van der Waals surface area contributed by atoms with Crippen molar-refractivity contribution in [2.75, 3.05) is 19.1 Å². The van der Waals surface area contributed by atoms with E-state index in [4.69, 9.17) is 21.1 Å². The second kappa shape index (κ2) is 9.71. The summed E-state index contributed by atoms with van der Waals surface area (Å²) >= 11 is 6.33. The summed E-state index contributed by atoms with van der Waals surface area (Å²) in [5.74, 6) is 0.959. The Bertz CT molecular complexity index is 1650. The third-order valence-corrected chi connectivity index (χ3v) is 6.60. The maximum Gasteiger partial charge on any atom is 0.275 e. The first-order valence-corrected chi connectivity index (χ1v) is 11.9. The molecule has 0 spiro atoms. The van der Waals surface area contributed by atoms with Crippen molar-refractivity contribution in [3.05, 3.63) is 93.2 Å². The molecule has 7 nitrogen and oxygen atoms in total. The van der Waals surface area contributed by atoms with Gasteiger partial charge in [0.25, 0.3) is 5.56 Å². The first-order chi connectivity index (χ1) is 17.7. The van der Waals surface area contributed by atoms with Gasteiger partial charge >= 0.3 is 0 Å². The van der Waals surface area contributed by atoms with Crippen LogP contribution in [-0.4, -0.2) is 29.8 Å². The van der Waals surface area contributed by atoms with Gasteiger partial charge in [-0.05, 0) is 55.3 Å². The monoisotopic (exact) mass is 519 g/mol. The average molecular weight is 520 g/mol. The Morgan fingerprint density at radius 3 is 2.76 bits per heavy atom. The van der Waals surface area contributed by atoms with E-state index in [1.54, 1.807) is 31.3 Å². The summed E-state index contributed by atoms with van der Waals surface area (Å²) in [5.41, 5.74) is 1.90. The molecule has 0 saturated heterocycles. The summed E-state index contributed by atoms with van der Waals surface area (Å²) in [6.45, 7) is 1.54. The SMILES string of the molecule is COc1cc2c(=O)n(CC(=O)N(C)c3ccc4c(c3)OC(C)=CC4)nc(-c3cccc(F)c3)c2cc1Cl. The average Bonchev–Trinajstić information content (AvgIpc) is 2.89. The Morgan fingerprint density at radius 2 is 2.00 bits per heavy atom. The van der Waals surface area contributed by atoms with Gasteiger partial charge in [0.1, 0.15) is 23.9 Å². The molecule has 37 heavy (non-hydrogen) atoms. The number of allylic oxidation sites excluding steroid dienone is 2. The predicted octanol–water partition coefficient (Wildman–Crippen LogP) is 5.37. The van der Waals surface area contributed by atoms with Crippen LogP contribution in [-0.2, 0) is 17.8 Å². The van der Waals surface area contributed by atoms with E-state index >= 15 is 0 Å². The van der Waals surface area contributed by atoms with Crippen molar-refractivity contribution in [1.29, 1.82) is 0 Å². The molecular weight excluding hydrogens is 497 g/mol. The van der Waals surface area contributed by atoms with Gasteiger partial charge in [0.15, 0.2) is 0 Å². The van der Waals surface area contributed by atoms with Crippen molar-refractivity contribution in [1.82, 2.24) is 9.78 Å². The van der Waals surface area contributed by atoms with Gasteiger partial charge in [-0.25, -0.2) is 9.07 Å². The van der Waals surface area contributed by atoms with Crippen LogP contribution in [0.4, 0.5) is 10.1 Å². The molecule has 0 aliphatic carbocycles. The fourth-order valence-electron chi connectivity index (χ4n) is 4.26. The number of benzene rings is 3. The smallest absolute Gasteiger partial charge is 0.275 e. The van der Waals surface area contributed by atoms with Gasteiger partial charge in [-0.2, -0.15) is 5.10 Å². The van der Waals surface area contributed by atoms with Crippen LogP contribution in [0.3, 0.4) is 0 Å². The Labute approximate surface area is 217 Å². The maximum absolute atomic E-state index is 14.1. The van der Waals surface area contributed by atoms with E-state index in [0.29, 0.717) is 33.8 Å². The molecule has 1 aliphatic rings. The lowest BCUT2D eigenvalue weighted by molar-refractivity contribution is -0.119. The molecule has 0 unspecified atom stereocenters. The van der Waals surface area contributed by atoms with Gasteiger partial charge < -0.3 is 14.4 Å². The Hall–Kier alpha value is -4.17. The lowest BCUT2D eigenvalue weighted by Gasteiger charge is -2.22. The van der Waals surface area contributed by atoms with E-state index in [1.165, 1.54) is 30.2 Å². The van der Waals surface area contributed by atoms with E-state index < -0.39 is 11.4 Å². The number of carbonyl (C=O) groups excluding carboxylic acids is 1. The van der Waals surface area contributed by atoms with Crippen LogP contribution < -0.4 is 19.9 Å². The van der Waals surface area contributed by atoms with Crippen LogP contribution >= 0.6 is 11.6 Å². The molecule has 0 bridgehead atoms. The largest absolute Gasteiger partial charge is 0.495 e. The van der Waals surface area contributed by atoms with Crippen LogP contribution in [0.5, 0.6) is 11.5 Å².